The fraction of sp³-hybridized carbons (Fsp3) is 0.259. The van der Waals surface area contributed by atoms with E-state index < -0.39 is 0 Å². The Balaban J connectivity index is 1.56. The third-order valence-electron chi connectivity index (χ3n) is 6.64. The van der Waals surface area contributed by atoms with Crippen molar-refractivity contribution in [3.05, 3.63) is 53.2 Å². The second-order valence-corrected chi connectivity index (χ2v) is 9.04. The van der Waals surface area contributed by atoms with Crippen molar-refractivity contribution in [2.24, 2.45) is 4.99 Å². The van der Waals surface area contributed by atoms with E-state index >= 15 is 0 Å². The highest BCUT2D eigenvalue weighted by atomic mass is 16.5. The second-order valence-electron chi connectivity index (χ2n) is 9.04. The number of rotatable bonds is 4. The van der Waals surface area contributed by atoms with Crippen LogP contribution < -0.4 is 10.1 Å². The van der Waals surface area contributed by atoms with Crippen molar-refractivity contribution in [2.45, 2.75) is 40.5 Å². The molecule has 0 spiro atoms. The molecule has 176 valence electrons. The molecule has 2 N–H and O–H groups in total. The lowest BCUT2D eigenvalue weighted by Crippen LogP contribution is -2.06. The first-order chi connectivity index (χ1) is 16.9. The maximum absolute atomic E-state index is 5.81. The lowest BCUT2D eigenvalue weighted by atomic mass is 10.00. The average Bonchev–Trinajstić information content (AvgIpc) is 3.36. The van der Waals surface area contributed by atoms with Crippen LogP contribution >= 0.6 is 0 Å². The Labute approximate surface area is 202 Å². The van der Waals surface area contributed by atoms with Crippen molar-refractivity contribution in [2.75, 3.05) is 12.4 Å². The summed E-state index contributed by atoms with van der Waals surface area (Å²) in [5.74, 6) is 2.93. The minimum atomic E-state index is 0.683. The molecule has 6 rings (SSSR count). The van der Waals surface area contributed by atoms with Gasteiger partial charge in [0.05, 0.1) is 29.4 Å². The van der Waals surface area contributed by atoms with E-state index in [1.807, 2.05) is 32.9 Å². The number of aryl methyl sites for hydroxylation is 3. The average molecular weight is 467 g/mol. The minimum Gasteiger partial charge on any atom is -0.496 e. The largest absolute Gasteiger partial charge is 0.496 e. The Morgan fingerprint density at radius 3 is 2.69 bits per heavy atom. The Morgan fingerprint density at radius 1 is 1.06 bits per heavy atom. The van der Waals surface area contributed by atoms with Crippen molar-refractivity contribution >= 4 is 44.8 Å². The van der Waals surface area contributed by atoms with Gasteiger partial charge in [-0.3, -0.25) is 4.99 Å². The molecule has 0 radical (unpaired) electrons. The maximum Gasteiger partial charge on any atom is 0.144 e. The van der Waals surface area contributed by atoms with Crippen LogP contribution in [-0.4, -0.2) is 32.9 Å². The predicted octanol–water partition coefficient (Wildman–Crippen LogP) is 6.48. The maximum atomic E-state index is 5.81. The normalized spacial score (nSPS) is 13.2. The number of nitrogens with zero attached hydrogens (tertiary/aromatic N) is 4. The van der Waals surface area contributed by atoms with Crippen LogP contribution in [0, 0.1) is 20.8 Å². The van der Waals surface area contributed by atoms with Gasteiger partial charge in [0.2, 0.25) is 0 Å². The van der Waals surface area contributed by atoms with E-state index in [1.165, 1.54) is 5.56 Å². The van der Waals surface area contributed by atoms with Gasteiger partial charge in [0.25, 0.3) is 0 Å². The van der Waals surface area contributed by atoms with Gasteiger partial charge in [-0.1, -0.05) is 11.2 Å². The third-order valence-corrected chi connectivity index (χ3v) is 6.64. The van der Waals surface area contributed by atoms with Gasteiger partial charge < -0.3 is 19.6 Å². The fourth-order valence-electron chi connectivity index (χ4n) is 5.01. The van der Waals surface area contributed by atoms with Gasteiger partial charge in [-0.15, -0.1) is 0 Å². The number of fused-ring (bicyclic) bond motifs is 4. The molecule has 8 nitrogen and oxygen atoms in total. The van der Waals surface area contributed by atoms with Crippen LogP contribution in [-0.2, 0) is 6.42 Å². The van der Waals surface area contributed by atoms with Crippen LogP contribution in [0.25, 0.3) is 33.1 Å². The number of aliphatic imine (C=N–C) groups is 1. The molecule has 0 fully saturated rings. The smallest absolute Gasteiger partial charge is 0.144 e. The molecular formula is C27H26N6O2. The van der Waals surface area contributed by atoms with Crippen LogP contribution in [0.1, 0.15) is 36.2 Å². The van der Waals surface area contributed by atoms with Crippen LogP contribution in [0.4, 0.5) is 17.2 Å². The highest BCUT2D eigenvalue weighted by Gasteiger charge is 2.21. The van der Waals surface area contributed by atoms with E-state index in [-0.39, 0.29) is 0 Å². The molecule has 1 aliphatic rings. The summed E-state index contributed by atoms with van der Waals surface area (Å²) in [5, 5.41) is 9.62. The van der Waals surface area contributed by atoms with Gasteiger partial charge in [0, 0.05) is 33.4 Å². The molecule has 1 aliphatic heterocycles. The van der Waals surface area contributed by atoms with E-state index in [2.05, 4.69) is 40.6 Å². The van der Waals surface area contributed by atoms with E-state index in [0.29, 0.717) is 5.82 Å². The van der Waals surface area contributed by atoms with Crippen molar-refractivity contribution < 1.29 is 9.26 Å². The van der Waals surface area contributed by atoms with Crippen LogP contribution in [0.2, 0.25) is 0 Å². The van der Waals surface area contributed by atoms with Crippen molar-refractivity contribution in [3.63, 3.8) is 0 Å². The SMILES string of the molecule is COc1cc2c(cc1-c1c(C)noc1C)[nH]c1nc(C)nc(Nc3cccc4c3CCC(C)=N4)c12. The van der Waals surface area contributed by atoms with Crippen LogP contribution in [0.5, 0.6) is 5.75 Å². The number of hydrogen-bond donors (Lipinski definition) is 2. The Kier molecular flexibility index (Phi) is 4.84. The summed E-state index contributed by atoms with van der Waals surface area (Å²) in [5.41, 5.74) is 8.80. The number of methoxy groups -OCH3 is 1. The summed E-state index contributed by atoms with van der Waals surface area (Å²) >= 11 is 0. The minimum absolute atomic E-state index is 0.683. The number of hydrogen-bond acceptors (Lipinski definition) is 7. The topological polar surface area (TPSA) is 101 Å². The molecule has 2 aromatic carbocycles. The summed E-state index contributed by atoms with van der Waals surface area (Å²) in [7, 11) is 1.68. The van der Waals surface area contributed by atoms with Gasteiger partial charge in [0.1, 0.15) is 28.8 Å². The van der Waals surface area contributed by atoms with E-state index in [1.54, 1.807) is 7.11 Å². The summed E-state index contributed by atoms with van der Waals surface area (Å²) in [6.45, 7) is 7.83. The molecule has 0 bridgehead atoms. The van der Waals surface area contributed by atoms with Crippen molar-refractivity contribution in [1.29, 1.82) is 0 Å². The lowest BCUT2D eigenvalue weighted by Gasteiger charge is -2.18. The molecule has 5 aromatic rings. The number of aromatic nitrogens is 4. The van der Waals surface area contributed by atoms with Gasteiger partial charge in [-0.2, -0.15) is 0 Å². The molecule has 0 amide bonds. The van der Waals surface area contributed by atoms with Crippen molar-refractivity contribution in [1.82, 2.24) is 20.1 Å². The Bertz CT molecular complexity index is 1640. The van der Waals surface area contributed by atoms with Crippen LogP contribution in [0.15, 0.2) is 39.8 Å². The third kappa shape index (κ3) is 3.44. The quantitative estimate of drug-likeness (QED) is 0.314. The molecule has 4 heterocycles. The van der Waals surface area contributed by atoms with E-state index in [9.17, 15) is 0 Å². The summed E-state index contributed by atoms with van der Waals surface area (Å²) < 4.78 is 11.2. The molecule has 0 unspecified atom stereocenters. The van der Waals surface area contributed by atoms with Crippen molar-refractivity contribution in [3.8, 4) is 16.9 Å². The van der Waals surface area contributed by atoms with Gasteiger partial charge in [-0.05, 0) is 64.8 Å². The second kappa shape index (κ2) is 7.94. The van der Waals surface area contributed by atoms with Gasteiger partial charge >= 0.3 is 0 Å². The Morgan fingerprint density at radius 2 is 1.91 bits per heavy atom. The number of nitrogens with one attached hydrogen (secondary N) is 2. The molecule has 8 heteroatoms. The predicted molar refractivity (Wildman–Crippen MR) is 138 cm³/mol. The highest BCUT2D eigenvalue weighted by Crippen LogP contribution is 2.41. The van der Waals surface area contributed by atoms with Gasteiger partial charge in [-0.25, -0.2) is 9.97 Å². The number of H-pyrrole nitrogens is 1. The molecule has 3 aromatic heterocycles. The molecule has 0 saturated heterocycles. The summed E-state index contributed by atoms with van der Waals surface area (Å²) in [6.07, 6.45) is 1.90. The first kappa shape index (κ1) is 21.3. The zero-order valence-electron chi connectivity index (χ0n) is 20.4. The zero-order valence-corrected chi connectivity index (χ0v) is 20.4. The number of benzene rings is 2. The number of ether oxygens (including phenoxy) is 1. The molecular weight excluding hydrogens is 440 g/mol. The zero-order chi connectivity index (χ0) is 24.3. The monoisotopic (exact) mass is 466 g/mol. The van der Waals surface area contributed by atoms with E-state index in [0.717, 1.165) is 86.0 Å². The number of aromatic amines is 1. The molecule has 0 atom stereocenters. The standard InChI is InChI=1S/C27H26N6O2/c1-13-9-10-17-20(28-13)7-6-8-21(17)31-26-25-18-12-23(34-5)19(24-14(2)33-35-15(24)3)11-22(18)32-27(25)30-16(4)29-26/h6-8,11-12H,9-10H2,1-5H3,(H2,29,30,31,32). The fourth-order valence-corrected chi connectivity index (χ4v) is 5.01. The first-order valence-electron chi connectivity index (χ1n) is 11.7. The van der Waals surface area contributed by atoms with Gasteiger partial charge in [0.15, 0.2) is 0 Å². The number of anilines is 2. The van der Waals surface area contributed by atoms with Crippen LogP contribution in [0.3, 0.4) is 0 Å². The summed E-state index contributed by atoms with van der Waals surface area (Å²) in [4.78, 5) is 17.7. The highest BCUT2D eigenvalue weighted by molar-refractivity contribution is 6.13. The Hall–Kier alpha value is -4.20. The molecule has 0 saturated carbocycles. The first-order valence-corrected chi connectivity index (χ1v) is 11.7. The molecule has 0 aliphatic carbocycles. The van der Waals surface area contributed by atoms with E-state index in [4.69, 9.17) is 24.2 Å². The molecule has 35 heavy (non-hydrogen) atoms. The summed E-state index contributed by atoms with van der Waals surface area (Å²) in [6, 6.07) is 10.3. The lowest BCUT2D eigenvalue weighted by molar-refractivity contribution is 0.393.